The van der Waals surface area contributed by atoms with Crippen LogP contribution in [0.1, 0.15) is 52.0 Å². The van der Waals surface area contributed by atoms with Gasteiger partial charge in [-0.1, -0.05) is 39.3 Å². The highest BCUT2D eigenvalue weighted by atomic mass is 32.2. The second-order valence-corrected chi connectivity index (χ2v) is 7.09. The van der Waals surface area contributed by atoms with E-state index in [1.807, 2.05) is 26.0 Å². The Balaban J connectivity index is 2.90. The zero-order chi connectivity index (χ0) is 15.0. The number of nitrogens with zero attached hydrogens (tertiary/aromatic N) is 1. The van der Waals surface area contributed by atoms with Gasteiger partial charge in [0.25, 0.3) is 0 Å². The Labute approximate surface area is 124 Å². The van der Waals surface area contributed by atoms with Gasteiger partial charge < -0.3 is 0 Å². The molecule has 114 valence electrons. The lowest BCUT2D eigenvalue weighted by molar-refractivity contribution is 0.410. The van der Waals surface area contributed by atoms with Crippen LogP contribution in [0.15, 0.2) is 29.2 Å². The van der Waals surface area contributed by atoms with E-state index >= 15 is 0 Å². The zero-order valence-electron chi connectivity index (χ0n) is 12.9. The first-order valence-corrected chi connectivity index (χ1v) is 9.09. The average molecular weight is 297 g/mol. The van der Waals surface area contributed by atoms with Gasteiger partial charge in [0.05, 0.1) is 4.90 Å². The molecule has 4 heteroatoms. The first-order valence-electron chi connectivity index (χ1n) is 7.65. The topological polar surface area (TPSA) is 37.4 Å². The molecule has 0 aliphatic rings. The van der Waals surface area contributed by atoms with Crippen molar-refractivity contribution in [2.24, 2.45) is 0 Å². The van der Waals surface area contributed by atoms with Crippen LogP contribution in [0.5, 0.6) is 0 Å². The summed E-state index contributed by atoms with van der Waals surface area (Å²) in [6.07, 6.45) is 5.00. The van der Waals surface area contributed by atoms with Gasteiger partial charge in [0.2, 0.25) is 10.0 Å². The molecule has 1 rings (SSSR count). The van der Waals surface area contributed by atoms with Crippen LogP contribution in [0.25, 0.3) is 0 Å². The van der Waals surface area contributed by atoms with Crippen LogP contribution < -0.4 is 0 Å². The number of hydrogen-bond acceptors (Lipinski definition) is 2. The second-order valence-electron chi connectivity index (χ2n) is 5.15. The number of sulfonamides is 1. The molecule has 0 amide bonds. The molecule has 0 atom stereocenters. The molecule has 0 N–H and O–H groups in total. The van der Waals surface area contributed by atoms with Crippen molar-refractivity contribution in [2.75, 3.05) is 13.1 Å². The smallest absolute Gasteiger partial charge is 0.207 e. The molecule has 0 spiro atoms. The van der Waals surface area contributed by atoms with E-state index in [1.165, 1.54) is 5.56 Å². The molecule has 1 aromatic carbocycles. The molecular weight excluding hydrogens is 270 g/mol. The summed E-state index contributed by atoms with van der Waals surface area (Å²) in [6, 6.07) is 7.38. The van der Waals surface area contributed by atoms with Crippen molar-refractivity contribution in [2.45, 2.75) is 57.8 Å². The molecule has 0 aliphatic heterocycles. The lowest BCUT2D eigenvalue weighted by atomic mass is 10.1. The fourth-order valence-corrected chi connectivity index (χ4v) is 3.83. The molecule has 0 unspecified atom stereocenters. The number of unbranched alkanes of at least 4 members (excludes halogenated alkanes) is 1. The average Bonchev–Trinajstić information content (AvgIpc) is 2.45. The molecular formula is C16H27NO2S. The van der Waals surface area contributed by atoms with E-state index in [2.05, 4.69) is 6.92 Å². The van der Waals surface area contributed by atoms with E-state index < -0.39 is 10.0 Å². The molecule has 0 saturated heterocycles. The summed E-state index contributed by atoms with van der Waals surface area (Å²) in [5, 5.41) is 0. The highest BCUT2D eigenvalue weighted by Crippen LogP contribution is 2.18. The summed E-state index contributed by atoms with van der Waals surface area (Å²) in [5.41, 5.74) is 1.21. The van der Waals surface area contributed by atoms with Gasteiger partial charge in [0.1, 0.15) is 0 Å². The van der Waals surface area contributed by atoms with Gasteiger partial charge in [-0.3, -0.25) is 0 Å². The summed E-state index contributed by atoms with van der Waals surface area (Å²) in [6.45, 7) is 7.35. The Morgan fingerprint density at radius 3 is 1.90 bits per heavy atom. The molecule has 20 heavy (non-hydrogen) atoms. The number of hydrogen-bond donors (Lipinski definition) is 0. The number of benzene rings is 1. The van der Waals surface area contributed by atoms with Crippen molar-refractivity contribution in [1.82, 2.24) is 4.31 Å². The third-order valence-corrected chi connectivity index (χ3v) is 5.24. The third-order valence-electron chi connectivity index (χ3n) is 3.33. The van der Waals surface area contributed by atoms with Crippen LogP contribution in [-0.2, 0) is 16.4 Å². The minimum absolute atomic E-state index is 0.416. The highest BCUT2D eigenvalue weighted by Gasteiger charge is 2.22. The predicted molar refractivity (Wildman–Crippen MR) is 84.4 cm³/mol. The summed E-state index contributed by atoms with van der Waals surface area (Å²) in [4.78, 5) is 0.416. The summed E-state index contributed by atoms with van der Waals surface area (Å²) in [5.74, 6) is 0. The Bertz CT molecular complexity index is 474. The Kier molecular flexibility index (Phi) is 7.24. The van der Waals surface area contributed by atoms with Crippen molar-refractivity contribution in [3.63, 3.8) is 0 Å². The van der Waals surface area contributed by atoms with Crippen molar-refractivity contribution >= 4 is 10.0 Å². The standard InChI is InChI=1S/C16H27NO2S/c1-4-7-8-15-9-11-16(12-10-15)20(18,19)17(13-5-2)14-6-3/h9-12H,4-8,13-14H2,1-3H3. The lowest BCUT2D eigenvalue weighted by Crippen LogP contribution is -2.32. The largest absolute Gasteiger partial charge is 0.243 e. The van der Waals surface area contributed by atoms with E-state index in [-0.39, 0.29) is 0 Å². The molecule has 0 bridgehead atoms. The van der Waals surface area contributed by atoms with Gasteiger partial charge in [0, 0.05) is 13.1 Å². The molecule has 0 aromatic heterocycles. The summed E-state index contributed by atoms with van der Waals surface area (Å²) < 4.78 is 26.7. The predicted octanol–water partition coefficient (Wildman–Crippen LogP) is 3.84. The van der Waals surface area contributed by atoms with Gasteiger partial charge in [0.15, 0.2) is 0 Å². The van der Waals surface area contributed by atoms with E-state index in [0.717, 1.165) is 32.1 Å². The summed E-state index contributed by atoms with van der Waals surface area (Å²) in [7, 11) is -3.33. The Morgan fingerprint density at radius 1 is 0.900 bits per heavy atom. The fraction of sp³-hybridized carbons (Fsp3) is 0.625. The normalized spacial score (nSPS) is 12.0. The van der Waals surface area contributed by atoms with Gasteiger partial charge in [-0.25, -0.2) is 8.42 Å². The van der Waals surface area contributed by atoms with Gasteiger partial charge >= 0.3 is 0 Å². The first-order chi connectivity index (χ1) is 9.56. The van der Waals surface area contributed by atoms with E-state index in [0.29, 0.717) is 18.0 Å². The minimum atomic E-state index is -3.33. The number of aryl methyl sites for hydroxylation is 1. The second kappa shape index (κ2) is 8.42. The molecule has 0 fully saturated rings. The minimum Gasteiger partial charge on any atom is -0.207 e. The van der Waals surface area contributed by atoms with Crippen LogP contribution >= 0.6 is 0 Å². The van der Waals surface area contributed by atoms with Crippen LogP contribution in [-0.4, -0.2) is 25.8 Å². The maximum absolute atomic E-state index is 12.6. The SMILES string of the molecule is CCCCc1ccc(S(=O)(=O)N(CCC)CCC)cc1. The molecule has 0 heterocycles. The monoisotopic (exact) mass is 297 g/mol. The van der Waals surface area contributed by atoms with E-state index in [9.17, 15) is 8.42 Å². The Morgan fingerprint density at radius 2 is 1.45 bits per heavy atom. The maximum atomic E-state index is 12.6. The quantitative estimate of drug-likeness (QED) is 0.694. The highest BCUT2D eigenvalue weighted by molar-refractivity contribution is 7.89. The van der Waals surface area contributed by atoms with Gasteiger partial charge in [-0.15, -0.1) is 0 Å². The van der Waals surface area contributed by atoms with Gasteiger partial charge in [-0.05, 0) is 43.4 Å². The Hall–Kier alpha value is -0.870. The van der Waals surface area contributed by atoms with Crippen molar-refractivity contribution in [3.05, 3.63) is 29.8 Å². The van der Waals surface area contributed by atoms with Crippen LogP contribution in [0.2, 0.25) is 0 Å². The van der Waals surface area contributed by atoms with Crippen molar-refractivity contribution in [1.29, 1.82) is 0 Å². The zero-order valence-corrected chi connectivity index (χ0v) is 13.7. The van der Waals surface area contributed by atoms with Crippen LogP contribution in [0, 0.1) is 0 Å². The van der Waals surface area contributed by atoms with E-state index in [1.54, 1.807) is 16.4 Å². The first kappa shape index (κ1) is 17.2. The lowest BCUT2D eigenvalue weighted by Gasteiger charge is -2.21. The van der Waals surface area contributed by atoms with Crippen molar-refractivity contribution in [3.8, 4) is 0 Å². The molecule has 0 aliphatic carbocycles. The van der Waals surface area contributed by atoms with Crippen LogP contribution in [0.4, 0.5) is 0 Å². The molecule has 0 saturated carbocycles. The molecule has 3 nitrogen and oxygen atoms in total. The maximum Gasteiger partial charge on any atom is 0.243 e. The molecule has 0 radical (unpaired) electrons. The van der Waals surface area contributed by atoms with Crippen molar-refractivity contribution < 1.29 is 8.42 Å². The van der Waals surface area contributed by atoms with Gasteiger partial charge in [-0.2, -0.15) is 4.31 Å². The molecule has 1 aromatic rings. The number of rotatable bonds is 9. The van der Waals surface area contributed by atoms with E-state index in [4.69, 9.17) is 0 Å². The third kappa shape index (κ3) is 4.60. The summed E-state index contributed by atoms with van der Waals surface area (Å²) >= 11 is 0. The fourth-order valence-electron chi connectivity index (χ4n) is 2.21. The van der Waals surface area contributed by atoms with Crippen LogP contribution in [0.3, 0.4) is 0 Å².